The molecule has 0 bridgehead atoms. The van der Waals surface area contributed by atoms with Crippen molar-refractivity contribution >= 4 is 110 Å². The number of nitriles is 2. The van der Waals surface area contributed by atoms with Gasteiger partial charge < -0.3 is 5.73 Å². The second-order valence-corrected chi connectivity index (χ2v) is 24.1. The first-order chi connectivity index (χ1) is 17.5. The fourth-order valence-electron chi connectivity index (χ4n) is 2.71. The molecule has 2 aliphatic rings. The number of pyridine rings is 3. The van der Waals surface area contributed by atoms with Crippen molar-refractivity contribution in [3.8, 4) is 12.1 Å². The third kappa shape index (κ3) is 17.5. The normalized spacial score (nSPS) is 12.5. The first kappa shape index (κ1) is 38.1. The second kappa shape index (κ2) is 23.7. The van der Waals surface area contributed by atoms with Gasteiger partial charge in [-0.05, 0) is 61.6 Å². The second-order valence-electron chi connectivity index (χ2n) is 7.46. The van der Waals surface area contributed by atoms with Crippen LogP contribution in [0.1, 0.15) is 65.6 Å². The number of hydrogen-bond donors (Lipinski definition) is 1. The molecule has 0 aliphatic heterocycles. The Balaban J connectivity index is 0.000000479. The molecule has 0 unspecified atom stereocenters. The Kier molecular flexibility index (Phi) is 24.4. The maximum absolute atomic E-state index is 8.49. The molecule has 2 N–H and O–H groups in total. The fourth-order valence-corrected chi connectivity index (χ4v) is 2.82. The van der Waals surface area contributed by atoms with Crippen molar-refractivity contribution < 1.29 is 13.3 Å². The number of nitrogens with zero attached hydrogens (tertiary/aromatic N) is 5. The quantitative estimate of drug-likeness (QED) is 0.254. The standard InChI is InChI=1S/C9H12N2.C9H8N2.C6H3ClN2.I3.I2.HI/c2*10-5-7-1-4-9(11-6-7)8-2-3-8;7-6-2-1-5(3-8)4-9-6;1-3-2;1-2;/h1,4,6,8H,2-3,5,10H2;1,4,6,8H,2-3H2;1-2,4H;;;1H/q;;;-1;;. The van der Waals surface area contributed by atoms with Gasteiger partial charge in [0.15, 0.2) is 0 Å². The third-order valence-corrected chi connectivity index (χ3v) is 5.07. The number of halogens is 7. The van der Waals surface area contributed by atoms with Crippen molar-refractivity contribution in [2.75, 3.05) is 0 Å². The predicted molar refractivity (Wildman–Crippen MR) is 190 cm³/mol. The maximum Gasteiger partial charge on any atom is 0.129 e. The summed E-state index contributed by atoms with van der Waals surface area (Å²) in [5, 5.41) is 17.2. The molecule has 0 atom stereocenters. The molecule has 37 heavy (non-hydrogen) atoms. The van der Waals surface area contributed by atoms with Crippen LogP contribution in [0.4, 0.5) is 0 Å². The molecule has 6 nitrogen and oxygen atoms in total. The zero-order chi connectivity index (χ0) is 26.8. The van der Waals surface area contributed by atoms with Gasteiger partial charge in [0, 0.05) is 85.6 Å². The van der Waals surface area contributed by atoms with Gasteiger partial charge in [-0.3, -0.25) is 9.97 Å². The van der Waals surface area contributed by atoms with Gasteiger partial charge >= 0.3 is 50.5 Å². The smallest absolute Gasteiger partial charge is 0.129 e. The third-order valence-electron chi connectivity index (χ3n) is 4.85. The predicted octanol–water partition coefficient (Wildman–Crippen LogP) is 6.02. The summed E-state index contributed by atoms with van der Waals surface area (Å²) in [5.41, 5.74) is 10.1. The van der Waals surface area contributed by atoms with Crippen LogP contribution >= 0.6 is 110 Å². The molecule has 0 aromatic carbocycles. The first-order valence-corrected chi connectivity index (χ1v) is 29.8. The molecule has 3 aromatic rings. The minimum Gasteiger partial charge on any atom is -0.326 e. The van der Waals surface area contributed by atoms with Gasteiger partial charge in [-0.15, -0.1) is 24.0 Å². The Hall–Kier alpha value is 1.06. The van der Waals surface area contributed by atoms with Crippen molar-refractivity contribution in [3.63, 3.8) is 0 Å². The average molecular weight is 1190 g/mol. The van der Waals surface area contributed by atoms with E-state index in [-0.39, 0.29) is 24.0 Å². The van der Waals surface area contributed by atoms with Gasteiger partial charge in [-0.2, -0.15) is 10.5 Å². The van der Waals surface area contributed by atoms with Crippen molar-refractivity contribution in [1.29, 1.82) is 10.5 Å². The van der Waals surface area contributed by atoms with Crippen LogP contribution < -0.4 is 19.0 Å². The molecule has 0 radical (unpaired) electrons. The summed E-state index contributed by atoms with van der Waals surface area (Å²) in [6.07, 6.45) is 10.1. The molecule has 200 valence electrons. The number of rotatable bonds is 3. The Morgan fingerprint density at radius 3 is 1.54 bits per heavy atom. The topological polar surface area (TPSA) is 112 Å². The molecule has 0 spiro atoms. The van der Waals surface area contributed by atoms with Crippen molar-refractivity contribution in [2.45, 2.75) is 44.1 Å². The van der Waals surface area contributed by atoms with Crippen LogP contribution in [-0.4, -0.2) is 15.0 Å². The van der Waals surface area contributed by atoms with E-state index in [1.807, 2.05) is 24.4 Å². The van der Waals surface area contributed by atoms with E-state index in [4.69, 9.17) is 27.9 Å². The van der Waals surface area contributed by atoms with E-state index in [2.05, 4.69) is 108 Å². The molecular formula is C24H24ClI6N6-. The Morgan fingerprint density at radius 2 is 1.24 bits per heavy atom. The summed E-state index contributed by atoms with van der Waals surface area (Å²) in [6, 6.07) is 15.1. The van der Waals surface area contributed by atoms with E-state index in [0.29, 0.717) is 42.0 Å². The molecule has 2 fully saturated rings. The molecule has 2 aliphatic carbocycles. The molecular weight excluding hydrogens is 1170 g/mol. The Bertz CT molecular complexity index is 1080. The van der Waals surface area contributed by atoms with Crippen LogP contribution in [0, 0.1) is 22.7 Å². The van der Waals surface area contributed by atoms with Crippen molar-refractivity contribution in [2.24, 2.45) is 5.73 Å². The van der Waals surface area contributed by atoms with Crippen LogP contribution in [0.15, 0.2) is 55.0 Å². The maximum atomic E-state index is 8.49. The van der Waals surface area contributed by atoms with Crippen LogP contribution in [0.3, 0.4) is 0 Å². The minimum atomic E-state index is 0. The average Bonchev–Trinajstić information content (AvgIpc) is 3.86. The largest absolute Gasteiger partial charge is 0.326 e. The Labute approximate surface area is 294 Å². The molecule has 5 rings (SSSR count). The van der Waals surface area contributed by atoms with Crippen LogP contribution in [-0.2, 0) is 6.54 Å². The zero-order valence-electron chi connectivity index (χ0n) is 19.4. The van der Waals surface area contributed by atoms with Crippen molar-refractivity contribution in [1.82, 2.24) is 15.0 Å². The number of hydrogen-bond acceptors (Lipinski definition) is 6. The first-order valence-electron chi connectivity index (χ1n) is 10.6. The van der Waals surface area contributed by atoms with Crippen LogP contribution in [0.2, 0.25) is 5.15 Å². The fraction of sp³-hybridized carbons (Fsp3) is 0.292. The summed E-state index contributed by atoms with van der Waals surface area (Å²) in [4.78, 5) is 12.2. The van der Waals surface area contributed by atoms with Crippen LogP contribution in [0.5, 0.6) is 0 Å². The van der Waals surface area contributed by atoms with E-state index in [1.54, 1.807) is 18.3 Å². The summed E-state index contributed by atoms with van der Waals surface area (Å²) >= 11 is 15.0. The SMILES string of the molecule is I.II.I[I-]I.N#Cc1ccc(C2CC2)nc1.N#Cc1ccc(Cl)nc1.NCc1ccc(C2CC2)nc1. The molecule has 3 aromatic heterocycles. The van der Waals surface area contributed by atoms with E-state index < -0.39 is 0 Å². The van der Waals surface area contributed by atoms with E-state index >= 15 is 0 Å². The zero-order valence-corrected chi connectivity index (χ0v) is 33.2. The molecule has 0 amide bonds. The van der Waals surface area contributed by atoms with E-state index in [0.717, 1.165) is 17.2 Å². The Morgan fingerprint density at radius 1 is 0.811 bits per heavy atom. The number of nitrogens with two attached hydrogens (primary N) is 1. The van der Waals surface area contributed by atoms with Gasteiger partial charge in [-0.1, -0.05) is 17.7 Å². The molecule has 13 heteroatoms. The van der Waals surface area contributed by atoms with Gasteiger partial charge in [0.1, 0.15) is 17.3 Å². The van der Waals surface area contributed by atoms with E-state index in [9.17, 15) is 0 Å². The van der Waals surface area contributed by atoms with Gasteiger partial charge in [0.05, 0.1) is 11.1 Å². The summed E-state index contributed by atoms with van der Waals surface area (Å²) in [5.74, 6) is 1.43. The summed E-state index contributed by atoms with van der Waals surface area (Å²) < 4.78 is 0. The van der Waals surface area contributed by atoms with Gasteiger partial charge in [-0.25, -0.2) is 4.98 Å². The van der Waals surface area contributed by atoms with E-state index in [1.165, 1.54) is 37.6 Å². The number of aromatic nitrogens is 3. The van der Waals surface area contributed by atoms with Crippen molar-refractivity contribution in [3.05, 3.63) is 88.2 Å². The van der Waals surface area contributed by atoms with Crippen LogP contribution in [0.25, 0.3) is 0 Å². The summed E-state index contributed by atoms with van der Waals surface area (Å²) in [7, 11) is 0. The molecule has 0 saturated heterocycles. The minimum absolute atomic E-state index is 0. The molecule has 2 saturated carbocycles. The van der Waals surface area contributed by atoms with Gasteiger partial charge in [0.25, 0.3) is 0 Å². The van der Waals surface area contributed by atoms with Gasteiger partial charge in [0.2, 0.25) is 0 Å². The summed E-state index contributed by atoms with van der Waals surface area (Å²) in [6.45, 7) is 0.595. The monoisotopic (exact) mass is 1190 g/mol. The molecule has 3 heterocycles.